The molecule has 0 spiro atoms. The number of aromatic amines is 1. The number of hydrogen-bond acceptors (Lipinski definition) is 4. The van der Waals surface area contributed by atoms with E-state index in [1.165, 1.54) is 11.3 Å². The van der Waals surface area contributed by atoms with Crippen molar-refractivity contribution in [3.05, 3.63) is 14.5 Å². The number of H-pyrrole nitrogens is 1. The predicted octanol–water partition coefficient (Wildman–Crippen LogP) is 3.69. The van der Waals surface area contributed by atoms with E-state index in [0.29, 0.717) is 6.42 Å². The number of hydrogen-bond donors (Lipinski definition) is 2. The smallest absolute Gasteiger partial charge is 0.225 e. The van der Waals surface area contributed by atoms with Crippen molar-refractivity contribution in [1.82, 2.24) is 10.3 Å². The molecule has 3 nitrogen and oxygen atoms in total. The number of thiazole rings is 1. The van der Waals surface area contributed by atoms with Gasteiger partial charge in [0.1, 0.15) is 0 Å². The molecule has 0 aliphatic rings. The molecule has 0 radical (unpaired) electrons. The first-order valence-corrected chi connectivity index (χ1v) is 8.91. The molecule has 0 aromatic carbocycles. The van der Waals surface area contributed by atoms with Gasteiger partial charge in [-0.15, -0.1) is 11.3 Å². The molecular weight excluding hydrogens is 296 g/mol. The first-order valence-electron chi connectivity index (χ1n) is 6.46. The molecule has 1 rings (SSSR count). The largest absolute Gasteiger partial charge is 0.354 e. The van der Waals surface area contributed by atoms with Crippen LogP contribution in [0.1, 0.15) is 37.3 Å². The van der Waals surface area contributed by atoms with E-state index in [9.17, 15) is 4.79 Å². The topological polar surface area (TPSA) is 44.9 Å². The van der Waals surface area contributed by atoms with Crippen LogP contribution in [0.3, 0.4) is 0 Å². The van der Waals surface area contributed by atoms with Crippen molar-refractivity contribution in [3.8, 4) is 0 Å². The lowest BCUT2D eigenvalue weighted by atomic mass is 10.0. The Morgan fingerprint density at radius 1 is 1.47 bits per heavy atom. The van der Waals surface area contributed by atoms with Crippen molar-refractivity contribution in [2.45, 2.75) is 44.8 Å². The Morgan fingerprint density at radius 2 is 2.11 bits per heavy atom. The van der Waals surface area contributed by atoms with Crippen molar-refractivity contribution < 1.29 is 4.79 Å². The van der Waals surface area contributed by atoms with Gasteiger partial charge in [-0.2, -0.15) is 11.8 Å². The molecule has 0 fully saturated rings. The van der Waals surface area contributed by atoms with E-state index in [0.717, 1.165) is 33.9 Å². The Hall–Kier alpha value is -0.330. The lowest BCUT2D eigenvalue weighted by Gasteiger charge is -2.29. The molecule has 0 aliphatic heterocycles. The molecule has 2 N–H and O–H groups in total. The molecule has 1 amide bonds. The van der Waals surface area contributed by atoms with Crippen LogP contribution in [-0.4, -0.2) is 28.4 Å². The van der Waals surface area contributed by atoms with Gasteiger partial charge in [-0.1, -0.05) is 13.8 Å². The summed E-state index contributed by atoms with van der Waals surface area (Å²) in [5, 5.41) is 3.06. The van der Waals surface area contributed by atoms with E-state index in [-0.39, 0.29) is 10.7 Å². The van der Waals surface area contributed by atoms with Crippen molar-refractivity contribution >= 4 is 41.2 Å². The van der Waals surface area contributed by atoms with Crippen LogP contribution in [0.25, 0.3) is 0 Å². The molecule has 1 aromatic heterocycles. The molecule has 0 bridgehead atoms. The van der Waals surface area contributed by atoms with Crippen LogP contribution in [0.4, 0.5) is 0 Å². The van der Waals surface area contributed by atoms with E-state index in [1.807, 2.05) is 18.7 Å². The number of aromatic nitrogens is 1. The van der Waals surface area contributed by atoms with Crippen LogP contribution >= 0.6 is 35.3 Å². The van der Waals surface area contributed by atoms with Gasteiger partial charge in [0.25, 0.3) is 0 Å². The lowest BCUT2D eigenvalue weighted by molar-refractivity contribution is -0.120. The molecule has 108 valence electrons. The highest BCUT2D eigenvalue weighted by atomic mass is 32.2. The Labute approximate surface area is 128 Å². The van der Waals surface area contributed by atoms with E-state index in [1.54, 1.807) is 0 Å². The van der Waals surface area contributed by atoms with Crippen molar-refractivity contribution in [1.29, 1.82) is 0 Å². The van der Waals surface area contributed by atoms with Crippen LogP contribution in [0.15, 0.2) is 0 Å². The van der Waals surface area contributed by atoms with Gasteiger partial charge in [0.2, 0.25) is 5.91 Å². The Morgan fingerprint density at radius 3 is 2.53 bits per heavy atom. The van der Waals surface area contributed by atoms with E-state index < -0.39 is 0 Å². The highest BCUT2D eigenvalue weighted by molar-refractivity contribution is 8.00. The Kier molecular flexibility index (Phi) is 6.56. The zero-order valence-corrected chi connectivity index (χ0v) is 14.4. The molecule has 19 heavy (non-hydrogen) atoms. The first kappa shape index (κ1) is 16.7. The number of carbonyl (C=O) groups is 1. The minimum Gasteiger partial charge on any atom is -0.354 e. The highest BCUT2D eigenvalue weighted by Gasteiger charge is 2.25. The number of aryl methyl sites for hydroxylation is 1. The summed E-state index contributed by atoms with van der Waals surface area (Å²) in [4.78, 5) is 16.1. The minimum atomic E-state index is 0.0775. The van der Waals surface area contributed by atoms with Crippen LogP contribution in [0, 0.1) is 10.9 Å². The maximum absolute atomic E-state index is 12.0. The summed E-state index contributed by atoms with van der Waals surface area (Å²) in [5.74, 6) is 0.0775. The second kappa shape index (κ2) is 7.45. The van der Waals surface area contributed by atoms with Crippen molar-refractivity contribution in [2.24, 2.45) is 0 Å². The monoisotopic (exact) mass is 318 g/mol. The first-order chi connectivity index (χ1) is 8.96. The lowest BCUT2D eigenvalue weighted by Crippen LogP contribution is -2.40. The Balaban J connectivity index is 2.57. The fourth-order valence-electron chi connectivity index (χ4n) is 1.93. The molecule has 0 saturated carbocycles. The van der Waals surface area contributed by atoms with Gasteiger partial charge in [0.15, 0.2) is 3.95 Å². The minimum absolute atomic E-state index is 0.0775. The summed E-state index contributed by atoms with van der Waals surface area (Å²) in [5.41, 5.74) is 1.01. The van der Waals surface area contributed by atoms with Crippen LogP contribution < -0.4 is 5.32 Å². The van der Waals surface area contributed by atoms with Gasteiger partial charge in [-0.05, 0) is 38.2 Å². The summed E-state index contributed by atoms with van der Waals surface area (Å²) < 4.78 is 0.899. The third-order valence-electron chi connectivity index (χ3n) is 3.57. The number of amides is 1. The van der Waals surface area contributed by atoms with Gasteiger partial charge in [0, 0.05) is 21.9 Å². The van der Waals surface area contributed by atoms with Gasteiger partial charge < -0.3 is 10.3 Å². The molecule has 1 aromatic rings. The Bertz CT molecular complexity index is 466. The van der Waals surface area contributed by atoms with E-state index >= 15 is 0 Å². The molecule has 1 heterocycles. The zero-order valence-electron chi connectivity index (χ0n) is 12.0. The van der Waals surface area contributed by atoms with Crippen LogP contribution in [0.5, 0.6) is 0 Å². The molecule has 0 aliphatic carbocycles. The number of carbonyl (C=O) groups excluding carboxylic acids is 1. The van der Waals surface area contributed by atoms with Gasteiger partial charge in [-0.25, -0.2) is 0 Å². The standard InChI is InChI=1S/C13H22N2OS3/c1-5-13(6-2,18-4)8-14-11(16)7-10-9(3)15-12(17)19-10/h5-8H2,1-4H3,(H,14,16)(H,15,17). The third-order valence-corrected chi connectivity index (χ3v) is 6.50. The third kappa shape index (κ3) is 4.61. The number of nitrogens with one attached hydrogen (secondary N) is 2. The fraction of sp³-hybridized carbons (Fsp3) is 0.692. The van der Waals surface area contributed by atoms with Gasteiger partial charge >= 0.3 is 0 Å². The van der Waals surface area contributed by atoms with Crippen molar-refractivity contribution in [3.63, 3.8) is 0 Å². The SMILES string of the molecule is CCC(CC)(CNC(=O)Cc1sc(=S)[nH]c1C)SC. The zero-order chi connectivity index (χ0) is 14.5. The van der Waals surface area contributed by atoms with Crippen LogP contribution in [-0.2, 0) is 11.2 Å². The number of thioether (sulfide) groups is 1. The average Bonchev–Trinajstić information content (AvgIpc) is 2.70. The summed E-state index contributed by atoms with van der Waals surface area (Å²) in [6, 6.07) is 0. The quantitative estimate of drug-likeness (QED) is 0.754. The summed E-state index contributed by atoms with van der Waals surface area (Å²) in [7, 11) is 0. The maximum atomic E-state index is 12.0. The van der Waals surface area contributed by atoms with E-state index in [2.05, 4.69) is 30.4 Å². The predicted molar refractivity (Wildman–Crippen MR) is 87.8 cm³/mol. The normalized spacial score (nSPS) is 11.6. The number of rotatable bonds is 7. The highest BCUT2D eigenvalue weighted by Crippen LogP contribution is 2.29. The molecule has 0 atom stereocenters. The van der Waals surface area contributed by atoms with Gasteiger partial charge in [0.05, 0.1) is 6.42 Å². The van der Waals surface area contributed by atoms with Gasteiger partial charge in [-0.3, -0.25) is 4.79 Å². The summed E-state index contributed by atoms with van der Waals surface area (Å²) in [6.07, 6.45) is 4.66. The summed E-state index contributed by atoms with van der Waals surface area (Å²) >= 11 is 8.41. The second-order valence-corrected chi connectivity index (χ2v) is 7.66. The molecule has 6 heteroatoms. The van der Waals surface area contributed by atoms with E-state index in [4.69, 9.17) is 12.2 Å². The van der Waals surface area contributed by atoms with Crippen LogP contribution in [0.2, 0.25) is 0 Å². The summed E-state index contributed by atoms with van der Waals surface area (Å²) in [6.45, 7) is 7.04. The molecular formula is C13H22N2OS3. The maximum Gasteiger partial charge on any atom is 0.225 e. The molecule has 0 unspecified atom stereocenters. The van der Waals surface area contributed by atoms with Crippen molar-refractivity contribution in [2.75, 3.05) is 12.8 Å². The average molecular weight is 319 g/mol. The fourth-order valence-corrected chi connectivity index (χ4v) is 4.02. The molecule has 0 saturated heterocycles. The second-order valence-electron chi connectivity index (χ2n) is 4.61.